The van der Waals surface area contributed by atoms with Gasteiger partial charge in [0, 0.05) is 61.0 Å². The van der Waals surface area contributed by atoms with Crippen molar-refractivity contribution >= 4 is 11.6 Å². The molecule has 2 aliphatic heterocycles. The van der Waals surface area contributed by atoms with E-state index in [1.54, 1.807) is 12.4 Å². The van der Waals surface area contributed by atoms with Crippen molar-refractivity contribution in [2.75, 3.05) is 13.1 Å². The first kappa shape index (κ1) is 19.0. The van der Waals surface area contributed by atoms with E-state index >= 15 is 0 Å². The Morgan fingerprint density at radius 3 is 2.67 bits per heavy atom. The van der Waals surface area contributed by atoms with Crippen LogP contribution in [0.25, 0.3) is 5.65 Å². The molecule has 156 valence electrons. The van der Waals surface area contributed by atoms with Gasteiger partial charge < -0.3 is 4.90 Å². The third-order valence-corrected chi connectivity index (χ3v) is 6.15. The van der Waals surface area contributed by atoms with Crippen molar-refractivity contribution in [1.82, 2.24) is 35.3 Å². The highest BCUT2D eigenvalue weighted by atomic mass is 16.2. The summed E-state index contributed by atoms with van der Waals surface area (Å²) in [5.41, 5.74) is 9.80. The number of H-pyrrole nitrogens is 1. The van der Waals surface area contributed by atoms with Gasteiger partial charge in [-0.3, -0.25) is 19.7 Å². The second-order valence-corrected chi connectivity index (χ2v) is 8.15. The van der Waals surface area contributed by atoms with Gasteiger partial charge in [-0.2, -0.15) is 0 Å². The summed E-state index contributed by atoms with van der Waals surface area (Å²) in [5, 5.41) is 3.19. The number of hydrogen-bond donors (Lipinski definition) is 3. The van der Waals surface area contributed by atoms with Crippen molar-refractivity contribution in [3.05, 3.63) is 64.0 Å². The lowest BCUT2D eigenvalue weighted by Gasteiger charge is -2.33. The average Bonchev–Trinajstić information content (AvgIpc) is 3.42. The second kappa shape index (κ2) is 7.66. The zero-order valence-corrected chi connectivity index (χ0v) is 16.8. The van der Waals surface area contributed by atoms with Gasteiger partial charge >= 0.3 is 0 Å². The number of likely N-dealkylation sites (tertiary alicyclic amines) is 1. The van der Waals surface area contributed by atoms with Crippen LogP contribution in [0, 0.1) is 6.92 Å². The number of aromatic amines is 1. The smallest absolute Gasteiger partial charge is 0.272 e. The van der Waals surface area contributed by atoms with Gasteiger partial charge in [0.25, 0.3) is 5.56 Å². The van der Waals surface area contributed by atoms with Gasteiger partial charge in [-0.1, -0.05) is 0 Å². The summed E-state index contributed by atoms with van der Waals surface area (Å²) in [7, 11) is 0. The number of fused-ring (bicyclic) bond motifs is 1. The van der Waals surface area contributed by atoms with Crippen LogP contribution < -0.4 is 16.4 Å². The topological polar surface area (TPSA) is 107 Å². The van der Waals surface area contributed by atoms with Crippen molar-refractivity contribution in [1.29, 1.82) is 0 Å². The van der Waals surface area contributed by atoms with Gasteiger partial charge in [0.05, 0.1) is 0 Å². The van der Waals surface area contributed by atoms with E-state index in [1.165, 1.54) is 10.6 Å². The molecule has 2 saturated heterocycles. The molecule has 2 unspecified atom stereocenters. The number of aromatic nitrogens is 4. The third-order valence-electron chi connectivity index (χ3n) is 6.15. The van der Waals surface area contributed by atoms with Crippen LogP contribution >= 0.6 is 0 Å². The molecular formula is C21H25N7O2. The normalized spacial score (nSPS) is 22.6. The van der Waals surface area contributed by atoms with Gasteiger partial charge in [-0.25, -0.2) is 20.4 Å². The minimum atomic E-state index is -0.224. The predicted octanol–water partition coefficient (Wildman–Crippen LogP) is 1.04. The fraction of sp³-hybridized carbons (Fsp3) is 0.429. The van der Waals surface area contributed by atoms with Crippen LogP contribution in [0.1, 0.15) is 48.2 Å². The number of hydrazine groups is 1. The van der Waals surface area contributed by atoms with Gasteiger partial charge in [-0.15, -0.1) is 0 Å². The summed E-state index contributed by atoms with van der Waals surface area (Å²) in [6, 6.07) is 7.31. The Labute approximate surface area is 173 Å². The van der Waals surface area contributed by atoms with E-state index in [1.807, 2.05) is 30.0 Å². The molecule has 9 nitrogen and oxygen atoms in total. The van der Waals surface area contributed by atoms with E-state index in [2.05, 4.69) is 25.9 Å². The number of aryl methyl sites for hydroxylation is 1. The van der Waals surface area contributed by atoms with Gasteiger partial charge in [-0.05, 0) is 43.9 Å². The van der Waals surface area contributed by atoms with E-state index in [4.69, 9.17) is 0 Å². The van der Waals surface area contributed by atoms with Crippen LogP contribution in [0.15, 0.2) is 41.5 Å². The van der Waals surface area contributed by atoms with E-state index in [0.29, 0.717) is 24.4 Å². The Morgan fingerprint density at radius 1 is 1.13 bits per heavy atom. The third kappa shape index (κ3) is 3.50. The molecule has 3 N–H and O–H groups in total. The number of piperidine rings is 1. The van der Waals surface area contributed by atoms with Crippen LogP contribution in [0.5, 0.6) is 0 Å². The van der Waals surface area contributed by atoms with Gasteiger partial charge in [0.1, 0.15) is 6.04 Å². The van der Waals surface area contributed by atoms with Crippen LogP contribution in [-0.4, -0.2) is 49.5 Å². The van der Waals surface area contributed by atoms with E-state index in [9.17, 15) is 9.59 Å². The Morgan fingerprint density at radius 2 is 1.90 bits per heavy atom. The molecule has 0 aromatic carbocycles. The molecule has 2 atom stereocenters. The fourth-order valence-electron chi connectivity index (χ4n) is 4.50. The molecule has 0 bridgehead atoms. The number of nitrogens with one attached hydrogen (secondary N) is 3. The molecule has 2 fully saturated rings. The van der Waals surface area contributed by atoms with Crippen LogP contribution in [0.2, 0.25) is 0 Å². The number of rotatable bonds is 3. The molecule has 0 aliphatic carbocycles. The summed E-state index contributed by atoms with van der Waals surface area (Å²) in [4.78, 5) is 35.6. The van der Waals surface area contributed by atoms with Crippen LogP contribution in [-0.2, 0) is 4.79 Å². The molecule has 1 amide bonds. The first-order chi connectivity index (χ1) is 14.6. The summed E-state index contributed by atoms with van der Waals surface area (Å²) in [6.45, 7) is 3.24. The second-order valence-electron chi connectivity index (χ2n) is 8.15. The average molecular weight is 407 g/mol. The molecule has 5 heterocycles. The molecule has 3 aromatic rings. The molecule has 0 saturated carbocycles. The lowest BCUT2D eigenvalue weighted by Crippen LogP contribution is -2.48. The zero-order valence-electron chi connectivity index (χ0n) is 16.8. The number of amides is 1. The highest BCUT2D eigenvalue weighted by Crippen LogP contribution is 2.29. The van der Waals surface area contributed by atoms with E-state index in [-0.39, 0.29) is 29.5 Å². The Hall–Kier alpha value is -3.04. The summed E-state index contributed by atoms with van der Waals surface area (Å²) >= 11 is 0. The van der Waals surface area contributed by atoms with E-state index < -0.39 is 0 Å². The Balaban J connectivity index is 1.21. The fourth-order valence-corrected chi connectivity index (χ4v) is 4.50. The van der Waals surface area contributed by atoms with Crippen molar-refractivity contribution in [2.24, 2.45) is 0 Å². The lowest BCUT2D eigenvalue weighted by atomic mass is 9.93. The highest BCUT2D eigenvalue weighted by Gasteiger charge is 2.34. The summed E-state index contributed by atoms with van der Waals surface area (Å²) in [6.07, 6.45) is 5.98. The molecule has 30 heavy (non-hydrogen) atoms. The number of carbonyl (C=O) groups is 1. The Bertz CT molecular complexity index is 1120. The minimum Gasteiger partial charge on any atom is -0.341 e. The van der Waals surface area contributed by atoms with Gasteiger partial charge in [0.2, 0.25) is 5.91 Å². The zero-order chi connectivity index (χ0) is 20.7. The number of hydrogen-bond acceptors (Lipinski definition) is 6. The number of carbonyl (C=O) groups excluding carboxylic acids is 1. The molecule has 2 aliphatic rings. The summed E-state index contributed by atoms with van der Waals surface area (Å²) < 4.78 is 1.49. The molecule has 0 radical (unpaired) electrons. The predicted molar refractivity (Wildman–Crippen MR) is 111 cm³/mol. The maximum absolute atomic E-state index is 13.0. The Kier molecular flexibility index (Phi) is 4.84. The molecule has 3 aromatic heterocycles. The van der Waals surface area contributed by atoms with E-state index in [0.717, 1.165) is 30.5 Å². The standard InChI is InChI=1S/C21H25N7O2/c1-13-10-20(29)28-19(23-13)12-17(26-28)15-4-8-27(9-5-15)21(30)18-11-16(24-25-18)14-2-6-22-7-3-14/h2-3,6-7,10,12,15-16,18,24-26H,4-5,8-9,11H2,1H3. The minimum absolute atomic E-state index is 0.0973. The van der Waals surface area contributed by atoms with Crippen LogP contribution in [0.3, 0.4) is 0 Å². The molecule has 9 heteroatoms. The van der Waals surface area contributed by atoms with Crippen molar-refractivity contribution in [2.45, 2.75) is 44.2 Å². The van der Waals surface area contributed by atoms with Gasteiger partial charge in [0.15, 0.2) is 5.65 Å². The lowest BCUT2D eigenvalue weighted by molar-refractivity contribution is -0.134. The maximum Gasteiger partial charge on any atom is 0.272 e. The van der Waals surface area contributed by atoms with Crippen LogP contribution in [0.4, 0.5) is 0 Å². The van der Waals surface area contributed by atoms with Crippen molar-refractivity contribution in [3.8, 4) is 0 Å². The first-order valence-corrected chi connectivity index (χ1v) is 10.4. The monoisotopic (exact) mass is 407 g/mol. The molecular weight excluding hydrogens is 382 g/mol. The quantitative estimate of drug-likeness (QED) is 0.599. The summed E-state index contributed by atoms with van der Waals surface area (Å²) in [5.74, 6) is 0.428. The maximum atomic E-state index is 13.0. The largest absolute Gasteiger partial charge is 0.341 e. The van der Waals surface area contributed by atoms with Crippen molar-refractivity contribution < 1.29 is 4.79 Å². The first-order valence-electron chi connectivity index (χ1n) is 10.4. The SMILES string of the molecule is Cc1cc(=O)n2[nH]c(C3CCN(C(=O)C4CC(c5ccncc5)NN4)CC3)cc2n1. The number of pyridine rings is 1. The molecule has 5 rings (SSSR count). The highest BCUT2D eigenvalue weighted by molar-refractivity contribution is 5.82. The van der Waals surface area contributed by atoms with Crippen molar-refractivity contribution in [3.63, 3.8) is 0 Å². The number of nitrogens with zero attached hydrogens (tertiary/aromatic N) is 4. The molecule has 0 spiro atoms.